The molecule has 2 rings (SSSR count). The third-order valence-electron chi connectivity index (χ3n) is 2.18. The van der Waals surface area contributed by atoms with Gasteiger partial charge in [-0.15, -0.1) is 0 Å². The van der Waals surface area contributed by atoms with Gasteiger partial charge in [0.05, 0.1) is 0 Å². The van der Waals surface area contributed by atoms with E-state index < -0.39 is 0 Å². The highest BCUT2D eigenvalue weighted by Gasteiger charge is 2.23. The molecule has 0 bridgehead atoms. The van der Waals surface area contributed by atoms with Gasteiger partial charge < -0.3 is 4.90 Å². The topological polar surface area (TPSA) is 29.0 Å². The molecule has 0 amide bonds. The molecule has 1 aliphatic rings. The van der Waals surface area contributed by atoms with Crippen LogP contribution in [0.2, 0.25) is 0 Å². The third-order valence-corrected chi connectivity index (χ3v) is 2.73. The standard InChI is InChI=1S/C9H12IN3/c1-13(6-7-2-3-7)9-11-4-8(10)5-12-9/h4-5,7H,2-3,6H2,1H3. The molecule has 1 aliphatic carbocycles. The Bertz CT molecular complexity index is 281. The zero-order valence-corrected chi connectivity index (χ0v) is 9.73. The minimum atomic E-state index is 0.840. The van der Waals surface area contributed by atoms with E-state index in [4.69, 9.17) is 0 Å². The van der Waals surface area contributed by atoms with Gasteiger partial charge in [0.15, 0.2) is 0 Å². The Morgan fingerprint density at radius 3 is 2.62 bits per heavy atom. The van der Waals surface area contributed by atoms with Gasteiger partial charge in [-0.25, -0.2) is 9.97 Å². The minimum Gasteiger partial charge on any atom is -0.344 e. The molecule has 0 saturated heterocycles. The van der Waals surface area contributed by atoms with E-state index in [9.17, 15) is 0 Å². The van der Waals surface area contributed by atoms with Crippen LogP contribution in [0.25, 0.3) is 0 Å². The third kappa shape index (κ3) is 2.52. The van der Waals surface area contributed by atoms with Crippen LogP contribution in [0.5, 0.6) is 0 Å². The van der Waals surface area contributed by atoms with Gasteiger partial charge in [0, 0.05) is 29.6 Å². The van der Waals surface area contributed by atoms with Crippen LogP contribution in [-0.2, 0) is 0 Å². The SMILES string of the molecule is CN(CC1CC1)c1ncc(I)cn1. The van der Waals surface area contributed by atoms with E-state index in [2.05, 4.69) is 44.5 Å². The average Bonchev–Trinajstić information content (AvgIpc) is 2.89. The molecule has 4 heteroatoms. The van der Waals surface area contributed by atoms with Gasteiger partial charge in [-0.2, -0.15) is 0 Å². The van der Waals surface area contributed by atoms with Crippen LogP contribution in [0.15, 0.2) is 12.4 Å². The Labute approximate surface area is 91.7 Å². The highest BCUT2D eigenvalue weighted by molar-refractivity contribution is 14.1. The van der Waals surface area contributed by atoms with Gasteiger partial charge in [0.1, 0.15) is 0 Å². The Hall–Kier alpha value is -0.390. The number of rotatable bonds is 3. The van der Waals surface area contributed by atoms with Gasteiger partial charge >= 0.3 is 0 Å². The maximum Gasteiger partial charge on any atom is 0.225 e. The Balaban J connectivity index is 2.01. The number of aromatic nitrogens is 2. The van der Waals surface area contributed by atoms with Gasteiger partial charge in [0.25, 0.3) is 0 Å². The van der Waals surface area contributed by atoms with Crippen LogP contribution in [0.1, 0.15) is 12.8 Å². The van der Waals surface area contributed by atoms with E-state index in [1.807, 2.05) is 12.4 Å². The molecule has 1 saturated carbocycles. The van der Waals surface area contributed by atoms with Crippen molar-refractivity contribution in [3.8, 4) is 0 Å². The number of halogens is 1. The second-order valence-electron chi connectivity index (χ2n) is 3.53. The van der Waals surface area contributed by atoms with Crippen molar-refractivity contribution in [2.75, 3.05) is 18.5 Å². The van der Waals surface area contributed by atoms with E-state index in [1.165, 1.54) is 12.8 Å². The first-order valence-corrected chi connectivity index (χ1v) is 5.52. The largest absolute Gasteiger partial charge is 0.344 e. The van der Waals surface area contributed by atoms with Crippen molar-refractivity contribution in [2.45, 2.75) is 12.8 Å². The molecule has 0 radical (unpaired) electrons. The molecular weight excluding hydrogens is 277 g/mol. The summed E-state index contributed by atoms with van der Waals surface area (Å²) in [5.41, 5.74) is 0. The van der Waals surface area contributed by atoms with E-state index in [-0.39, 0.29) is 0 Å². The highest BCUT2D eigenvalue weighted by atomic mass is 127. The van der Waals surface area contributed by atoms with Crippen molar-refractivity contribution in [3.63, 3.8) is 0 Å². The van der Waals surface area contributed by atoms with Crippen molar-refractivity contribution in [2.24, 2.45) is 5.92 Å². The van der Waals surface area contributed by atoms with Crippen LogP contribution in [-0.4, -0.2) is 23.6 Å². The molecule has 70 valence electrons. The van der Waals surface area contributed by atoms with Gasteiger partial charge in [-0.3, -0.25) is 0 Å². The van der Waals surface area contributed by atoms with Crippen molar-refractivity contribution in [1.82, 2.24) is 9.97 Å². The summed E-state index contributed by atoms with van der Waals surface area (Å²) in [4.78, 5) is 10.7. The van der Waals surface area contributed by atoms with Crippen molar-refractivity contribution in [1.29, 1.82) is 0 Å². The monoisotopic (exact) mass is 289 g/mol. The molecule has 0 N–H and O–H groups in total. The van der Waals surface area contributed by atoms with E-state index in [1.54, 1.807) is 0 Å². The first kappa shape index (κ1) is 9.18. The molecule has 1 aromatic rings. The summed E-state index contributed by atoms with van der Waals surface area (Å²) in [6.45, 7) is 1.10. The van der Waals surface area contributed by atoms with Crippen molar-refractivity contribution in [3.05, 3.63) is 16.0 Å². The lowest BCUT2D eigenvalue weighted by Crippen LogP contribution is -2.22. The average molecular weight is 289 g/mol. The lowest BCUT2D eigenvalue weighted by atomic mass is 10.4. The number of anilines is 1. The lowest BCUT2D eigenvalue weighted by Gasteiger charge is -2.15. The van der Waals surface area contributed by atoms with E-state index >= 15 is 0 Å². The van der Waals surface area contributed by atoms with Crippen LogP contribution in [0, 0.1) is 9.49 Å². The lowest BCUT2D eigenvalue weighted by molar-refractivity contribution is 0.763. The molecule has 0 spiro atoms. The van der Waals surface area contributed by atoms with Crippen molar-refractivity contribution >= 4 is 28.5 Å². The quantitative estimate of drug-likeness (QED) is 0.796. The number of hydrogen-bond donors (Lipinski definition) is 0. The predicted molar refractivity (Wildman–Crippen MR) is 60.7 cm³/mol. The fraction of sp³-hybridized carbons (Fsp3) is 0.556. The maximum atomic E-state index is 4.27. The Morgan fingerprint density at radius 2 is 2.08 bits per heavy atom. The molecule has 0 aliphatic heterocycles. The first-order valence-electron chi connectivity index (χ1n) is 4.44. The number of hydrogen-bond acceptors (Lipinski definition) is 3. The molecular formula is C9H12IN3. The molecule has 3 nitrogen and oxygen atoms in total. The maximum absolute atomic E-state index is 4.27. The fourth-order valence-corrected chi connectivity index (χ4v) is 1.55. The summed E-state index contributed by atoms with van der Waals surface area (Å²) >= 11 is 2.21. The summed E-state index contributed by atoms with van der Waals surface area (Å²) in [6, 6.07) is 0. The smallest absolute Gasteiger partial charge is 0.225 e. The summed E-state index contributed by atoms with van der Waals surface area (Å²) in [7, 11) is 2.06. The van der Waals surface area contributed by atoms with Crippen LogP contribution < -0.4 is 4.90 Å². The zero-order valence-electron chi connectivity index (χ0n) is 7.57. The molecule has 1 heterocycles. The van der Waals surface area contributed by atoms with Gasteiger partial charge in [0.2, 0.25) is 5.95 Å². The second-order valence-corrected chi connectivity index (χ2v) is 4.77. The van der Waals surface area contributed by atoms with Gasteiger partial charge in [-0.1, -0.05) is 0 Å². The summed E-state index contributed by atoms with van der Waals surface area (Å²) in [6.07, 6.45) is 6.45. The molecule has 13 heavy (non-hydrogen) atoms. The molecule has 0 atom stereocenters. The molecule has 0 unspecified atom stereocenters. The molecule has 0 aromatic carbocycles. The van der Waals surface area contributed by atoms with E-state index in [0.717, 1.165) is 22.0 Å². The van der Waals surface area contributed by atoms with Gasteiger partial charge in [-0.05, 0) is 41.4 Å². The van der Waals surface area contributed by atoms with Crippen molar-refractivity contribution < 1.29 is 0 Å². The second kappa shape index (κ2) is 3.77. The van der Waals surface area contributed by atoms with Crippen LogP contribution in [0.4, 0.5) is 5.95 Å². The zero-order chi connectivity index (χ0) is 9.26. The molecule has 1 aromatic heterocycles. The van der Waals surface area contributed by atoms with Crippen LogP contribution >= 0.6 is 22.6 Å². The predicted octanol–water partition coefficient (Wildman–Crippen LogP) is 1.93. The minimum absolute atomic E-state index is 0.840. The molecule has 1 fully saturated rings. The Kier molecular flexibility index (Phi) is 2.66. The summed E-state index contributed by atoms with van der Waals surface area (Å²) < 4.78 is 1.08. The normalized spacial score (nSPS) is 15.8. The first-order chi connectivity index (χ1) is 6.25. The van der Waals surface area contributed by atoms with E-state index in [0.29, 0.717) is 0 Å². The highest BCUT2D eigenvalue weighted by Crippen LogP contribution is 2.29. The summed E-state index contributed by atoms with van der Waals surface area (Å²) in [5.74, 6) is 1.72. The number of nitrogens with zero attached hydrogens (tertiary/aromatic N) is 3. The Morgan fingerprint density at radius 1 is 1.46 bits per heavy atom. The van der Waals surface area contributed by atoms with Crippen LogP contribution in [0.3, 0.4) is 0 Å². The summed E-state index contributed by atoms with van der Waals surface area (Å²) in [5, 5.41) is 0. The fourth-order valence-electron chi connectivity index (χ4n) is 1.27.